The Morgan fingerprint density at radius 3 is 2.67 bits per heavy atom. The molecule has 92 valence electrons. The average molecular weight is 244 g/mol. The molecule has 4 heteroatoms. The molecule has 0 atom stereocenters. The van der Waals surface area contributed by atoms with Crippen molar-refractivity contribution in [2.45, 2.75) is 13.8 Å². The van der Waals surface area contributed by atoms with E-state index in [0.29, 0.717) is 16.8 Å². The maximum Gasteiger partial charge on any atom is 0.255 e. The number of carbonyl (C=O) groups is 1. The monoisotopic (exact) mass is 244 g/mol. The number of aromatic nitrogens is 1. The van der Waals surface area contributed by atoms with Crippen molar-refractivity contribution >= 4 is 11.6 Å². The number of nitrogens with zero attached hydrogens (tertiary/aromatic N) is 1. The zero-order valence-electron chi connectivity index (χ0n) is 10.2. The van der Waals surface area contributed by atoms with Crippen LogP contribution in [0.2, 0.25) is 0 Å². The van der Waals surface area contributed by atoms with Gasteiger partial charge in [0.05, 0.1) is 11.9 Å². The van der Waals surface area contributed by atoms with Crippen LogP contribution in [0.1, 0.15) is 21.5 Å². The van der Waals surface area contributed by atoms with Gasteiger partial charge < -0.3 is 5.32 Å². The molecule has 0 aliphatic rings. The standard InChI is InChI=1S/C14H13FN2O/c1-9-5-12(8-16-7-9)17-14(18)11-3-4-13(15)10(2)6-11/h3-8H,1-2H3,(H,17,18). The van der Waals surface area contributed by atoms with Crippen LogP contribution in [0.3, 0.4) is 0 Å². The highest BCUT2D eigenvalue weighted by Crippen LogP contribution is 2.12. The van der Waals surface area contributed by atoms with Gasteiger partial charge in [0.15, 0.2) is 0 Å². The van der Waals surface area contributed by atoms with Gasteiger partial charge in [0.1, 0.15) is 5.82 Å². The molecule has 1 aromatic heterocycles. The smallest absolute Gasteiger partial charge is 0.255 e. The molecular formula is C14H13FN2O. The predicted molar refractivity (Wildman–Crippen MR) is 68.1 cm³/mol. The molecule has 1 N–H and O–H groups in total. The SMILES string of the molecule is Cc1cncc(NC(=O)c2ccc(F)c(C)c2)c1. The summed E-state index contributed by atoms with van der Waals surface area (Å²) >= 11 is 0. The largest absolute Gasteiger partial charge is 0.321 e. The Labute approximate surface area is 105 Å². The fourth-order valence-electron chi connectivity index (χ4n) is 1.61. The molecule has 0 aliphatic carbocycles. The van der Waals surface area contributed by atoms with Crippen molar-refractivity contribution < 1.29 is 9.18 Å². The van der Waals surface area contributed by atoms with E-state index in [4.69, 9.17) is 0 Å². The van der Waals surface area contributed by atoms with Crippen molar-refractivity contribution in [1.29, 1.82) is 0 Å². The maximum absolute atomic E-state index is 13.1. The molecule has 3 nitrogen and oxygen atoms in total. The van der Waals surface area contributed by atoms with Crippen LogP contribution in [0.25, 0.3) is 0 Å². The molecule has 1 aromatic carbocycles. The minimum atomic E-state index is -0.316. The Balaban J connectivity index is 2.19. The first-order valence-corrected chi connectivity index (χ1v) is 5.55. The number of nitrogens with one attached hydrogen (secondary N) is 1. The summed E-state index contributed by atoms with van der Waals surface area (Å²) in [4.78, 5) is 15.9. The maximum atomic E-state index is 13.1. The number of hydrogen-bond donors (Lipinski definition) is 1. The fourth-order valence-corrected chi connectivity index (χ4v) is 1.61. The molecule has 0 radical (unpaired) electrons. The molecule has 2 aromatic rings. The van der Waals surface area contributed by atoms with Crippen LogP contribution in [0.15, 0.2) is 36.7 Å². The minimum Gasteiger partial charge on any atom is -0.321 e. The molecule has 1 heterocycles. The van der Waals surface area contributed by atoms with E-state index in [0.717, 1.165) is 5.56 Å². The van der Waals surface area contributed by atoms with Crippen LogP contribution in [-0.2, 0) is 0 Å². The van der Waals surface area contributed by atoms with Crippen LogP contribution in [0.4, 0.5) is 10.1 Å². The van der Waals surface area contributed by atoms with Gasteiger partial charge in [-0.25, -0.2) is 4.39 Å². The van der Waals surface area contributed by atoms with Crippen LogP contribution < -0.4 is 5.32 Å². The second-order valence-electron chi connectivity index (χ2n) is 4.17. The van der Waals surface area contributed by atoms with Crippen molar-refractivity contribution in [2.24, 2.45) is 0 Å². The summed E-state index contributed by atoms with van der Waals surface area (Å²) in [5.41, 5.74) is 2.46. The lowest BCUT2D eigenvalue weighted by atomic mass is 10.1. The van der Waals surface area contributed by atoms with Gasteiger partial charge in [0, 0.05) is 11.8 Å². The van der Waals surface area contributed by atoms with E-state index >= 15 is 0 Å². The lowest BCUT2D eigenvalue weighted by Gasteiger charge is -2.06. The summed E-state index contributed by atoms with van der Waals surface area (Å²) in [6, 6.07) is 6.09. The molecule has 0 spiro atoms. The second kappa shape index (κ2) is 4.96. The predicted octanol–water partition coefficient (Wildman–Crippen LogP) is 3.09. The lowest BCUT2D eigenvalue weighted by molar-refractivity contribution is 0.102. The highest BCUT2D eigenvalue weighted by atomic mass is 19.1. The fraction of sp³-hybridized carbons (Fsp3) is 0.143. The topological polar surface area (TPSA) is 42.0 Å². The normalized spacial score (nSPS) is 10.2. The molecule has 0 saturated heterocycles. The summed E-state index contributed by atoms with van der Waals surface area (Å²) in [5.74, 6) is -0.589. The van der Waals surface area contributed by atoms with E-state index in [2.05, 4.69) is 10.3 Å². The number of benzene rings is 1. The Morgan fingerprint density at radius 2 is 2.00 bits per heavy atom. The van der Waals surface area contributed by atoms with E-state index in [9.17, 15) is 9.18 Å². The second-order valence-corrected chi connectivity index (χ2v) is 4.17. The third-order valence-electron chi connectivity index (χ3n) is 2.55. The Hall–Kier alpha value is -2.23. The molecule has 18 heavy (non-hydrogen) atoms. The summed E-state index contributed by atoms with van der Waals surface area (Å²) in [5, 5.41) is 2.72. The van der Waals surface area contributed by atoms with E-state index in [1.54, 1.807) is 19.3 Å². The lowest BCUT2D eigenvalue weighted by Crippen LogP contribution is -2.12. The highest BCUT2D eigenvalue weighted by molar-refractivity contribution is 6.04. The number of halogens is 1. The number of aryl methyl sites for hydroxylation is 2. The molecule has 0 bridgehead atoms. The third kappa shape index (κ3) is 2.71. The molecule has 0 unspecified atom stereocenters. The molecule has 0 fully saturated rings. The van der Waals surface area contributed by atoms with Crippen LogP contribution in [0.5, 0.6) is 0 Å². The van der Waals surface area contributed by atoms with E-state index < -0.39 is 0 Å². The van der Waals surface area contributed by atoms with Crippen molar-refractivity contribution in [2.75, 3.05) is 5.32 Å². The summed E-state index contributed by atoms with van der Waals surface area (Å²) < 4.78 is 13.1. The first-order chi connectivity index (χ1) is 8.56. The molecule has 0 aliphatic heterocycles. The van der Waals surface area contributed by atoms with Gasteiger partial charge in [-0.2, -0.15) is 0 Å². The summed E-state index contributed by atoms with van der Waals surface area (Å²) in [6.07, 6.45) is 3.28. The number of hydrogen-bond acceptors (Lipinski definition) is 2. The van der Waals surface area contributed by atoms with Crippen molar-refractivity contribution in [1.82, 2.24) is 4.98 Å². The van der Waals surface area contributed by atoms with E-state index in [1.807, 2.05) is 13.0 Å². The zero-order valence-corrected chi connectivity index (χ0v) is 10.2. The number of amides is 1. The number of rotatable bonds is 2. The van der Waals surface area contributed by atoms with Gasteiger partial charge >= 0.3 is 0 Å². The molecule has 0 saturated carbocycles. The first-order valence-electron chi connectivity index (χ1n) is 5.55. The van der Waals surface area contributed by atoms with Crippen molar-refractivity contribution in [3.63, 3.8) is 0 Å². The van der Waals surface area contributed by atoms with Crippen LogP contribution in [-0.4, -0.2) is 10.9 Å². The van der Waals surface area contributed by atoms with Gasteiger partial charge in [-0.3, -0.25) is 9.78 Å². The summed E-state index contributed by atoms with van der Waals surface area (Å²) in [7, 11) is 0. The third-order valence-corrected chi connectivity index (χ3v) is 2.55. The van der Waals surface area contributed by atoms with E-state index in [1.165, 1.54) is 18.2 Å². The Morgan fingerprint density at radius 1 is 1.22 bits per heavy atom. The number of pyridine rings is 1. The molecule has 1 amide bonds. The van der Waals surface area contributed by atoms with Gasteiger partial charge in [-0.15, -0.1) is 0 Å². The quantitative estimate of drug-likeness (QED) is 0.882. The summed E-state index contributed by atoms with van der Waals surface area (Å²) in [6.45, 7) is 3.52. The Kier molecular flexibility index (Phi) is 3.37. The van der Waals surface area contributed by atoms with Gasteiger partial charge in [-0.1, -0.05) is 0 Å². The first kappa shape index (κ1) is 12.2. The molecule has 2 rings (SSSR count). The van der Waals surface area contributed by atoms with Gasteiger partial charge in [-0.05, 0) is 49.2 Å². The van der Waals surface area contributed by atoms with Crippen molar-refractivity contribution in [3.8, 4) is 0 Å². The van der Waals surface area contributed by atoms with Crippen molar-refractivity contribution in [3.05, 3.63) is 59.2 Å². The zero-order chi connectivity index (χ0) is 13.1. The Bertz CT molecular complexity index is 596. The van der Waals surface area contributed by atoms with Gasteiger partial charge in [0.2, 0.25) is 0 Å². The van der Waals surface area contributed by atoms with E-state index in [-0.39, 0.29) is 11.7 Å². The number of carbonyl (C=O) groups excluding carboxylic acids is 1. The van der Waals surface area contributed by atoms with Crippen LogP contribution >= 0.6 is 0 Å². The average Bonchev–Trinajstić information content (AvgIpc) is 2.32. The minimum absolute atomic E-state index is 0.273. The highest BCUT2D eigenvalue weighted by Gasteiger charge is 2.08. The van der Waals surface area contributed by atoms with Gasteiger partial charge in [0.25, 0.3) is 5.91 Å². The molecular weight excluding hydrogens is 231 g/mol. The number of anilines is 1. The van der Waals surface area contributed by atoms with Crippen LogP contribution in [0, 0.1) is 19.7 Å².